The molecular weight excluding hydrogens is 332 g/mol. The van der Waals surface area contributed by atoms with Crippen molar-refractivity contribution >= 4 is 5.57 Å². The van der Waals surface area contributed by atoms with E-state index in [0.29, 0.717) is 17.3 Å². The first kappa shape index (κ1) is 17.6. The van der Waals surface area contributed by atoms with E-state index >= 15 is 0 Å². The molecule has 5 rings (SSSR count). The highest BCUT2D eigenvalue weighted by atomic mass is 16.3. The molecule has 4 aliphatic carbocycles. The summed E-state index contributed by atoms with van der Waals surface area (Å²) in [7, 11) is 0. The lowest BCUT2D eigenvalue weighted by molar-refractivity contribution is -0.0426. The van der Waals surface area contributed by atoms with Gasteiger partial charge in [0.15, 0.2) is 0 Å². The number of aliphatic hydroxyl groups excluding tert-OH is 1. The van der Waals surface area contributed by atoms with E-state index in [0.717, 1.165) is 36.8 Å². The van der Waals surface area contributed by atoms with Gasteiger partial charge in [0.2, 0.25) is 0 Å². The fraction of sp³-hybridized carbons (Fsp3) is 0.667. The van der Waals surface area contributed by atoms with Crippen LogP contribution in [-0.4, -0.2) is 21.2 Å². The molecule has 4 aliphatic rings. The van der Waals surface area contributed by atoms with Crippen LogP contribution in [0.3, 0.4) is 0 Å². The number of rotatable bonds is 1. The molecule has 27 heavy (non-hydrogen) atoms. The van der Waals surface area contributed by atoms with Crippen LogP contribution in [0.15, 0.2) is 36.3 Å². The third kappa shape index (κ3) is 2.43. The molecule has 1 unspecified atom stereocenters. The van der Waals surface area contributed by atoms with Crippen LogP contribution < -0.4 is 0 Å². The van der Waals surface area contributed by atoms with Crippen LogP contribution >= 0.6 is 0 Å². The summed E-state index contributed by atoms with van der Waals surface area (Å²) in [5, 5.41) is 10.2. The van der Waals surface area contributed by atoms with Gasteiger partial charge in [0.1, 0.15) is 6.33 Å². The van der Waals surface area contributed by atoms with Crippen molar-refractivity contribution in [3.8, 4) is 0 Å². The number of nitrogens with zero attached hydrogens (tertiary/aromatic N) is 2. The molecule has 0 radical (unpaired) electrons. The summed E-state index contributed by atoms with van der Waals surface area (Å²) in [5.74, 6) is 2.81. The van der Waals surface area contributed by atoms with Crippen molar-refractivity contribution in [2.24, 2.45) is 34.5 Å². The molecule has 2 fully saturated rings. The van der Waals surface area contributed by atoms with Crippen molar-refractivity contribution < 1.29 is 5.11 Å². The average Bonchev–Trinajstić information content (AvgIpc) is 3.01. The molecule has 0 amide bonds. The minimum absolute atomic E-state index is 0.126. The summed E-state index contributed by atoms with van der Waals surface area (Å²) in [6.07, 6.45) is 15.2. The average molecular weight is 365 g/mol. The molecule has 1 aromatic heterocycles. The number of aromatic nitrogens is 2. The normalized spacial score (nSPS) is 46.0. The van der Waals surface area contributed by atoms with Crippen molar-refractivity contribution in [3.63, 3.8) is 0 Å². The van der Waals surface area contributed by atoms with E-state index in [-0.39, 0.29) is 11.5 Å². The maximum atomic E-state index is 10.2. The first-order valence-corrected chi connectivity index (χ1v) is 10.8. The minimum atomic E-state index is -0.126. The van der Waals surface area contributed by atoms with Crippen LogP contribution in [0.1, 0.15) is 65.0 Å². The van der Waals surface area contributed by atoms with Crippen molar-refractivity contribution in [1.82, 2.24) is 9.97 Å². The van der Waals surface area contributed by atoms with E-state index in [1.165, 1.54) is 24.8 Å². The predicted octanol–water partition coefficient (Wildman–Crippen LogP) is 5.04. The fourth-order valence-corrected chi connectivity index (χ4v) is 7.42. The highest BCUT2D eigenvalue weighted by Gasteiger charge is 2.58. The molecule has 0 saturated heterocycles. The smallest absolute Gasteiger partial charge is 0.116 e. The van der Waals surface area contributed by atoms with Gasteiger partial charge in [-0.15, -0.1) is 0 Å². The standard InChI is InChI=1S/C24H32N2O/c1-15-12-16-13-17(27)6-9-23(16,2)20-7-10-24(3)18(4-5-19(24)22(15)20)21-8-11-25-14-26-21/h4,8,11-12,14-15,17,19-20,22,27H,5-7,9-10,13H2,1-3H3/t15?,17-,19-,20-,22-,23-,24+/m0/s1. The Morgan fingerprint density at radius 2 is 1.93 bits per heavy atom. The third-order valence-corrected chi connectivity index (χ3v) is 8.85. The van der Waals surface area contributed by atoms with E-state index in [2.05, 4.69) is 49.0 Å². The summed E-state index contributed by atoms with van der Waals surface area (Å²) in [6.45, 7) is 7.43. The maximum absolute atomic E-state index is 10.2. The summed E-state index contributed by atoms with van der Waals surface area (Å²) in [4.78, 5) is 8.70. The highest BCUT2D eigenvalue weighted by Crippen LogP contribution is 2.67. The van der Waals surface area contributed by atoms with Crippen molar-refractivity contribution in [2.45, 2.75) is 65.4 Å². The number of hydrogen-bond acceptors (Lipinski definition) is 3. The van der Waals surface area contributed by atoms with E-state index in [4.69, 9.17) is 0 Å². The molecule has 1 aromatic rings. The molecule has 0 bridgehead atoms. The van der Waals surface area contributed by atoms with Crippen LogP contribution in [-0.2, 0) is 0 Å². The lowest BCUT2D eigenvalue weighted by atomic mass is 9.45. The van der Waals surface area contributed by atoms with Gasteiger partial charge in [-0.2, -0.15) is 0 Å². The molecule has 0 aromatic carbocycles. The van der Waals surface area contributed by atoms with Crippen LogP contribution in [0.4, 0.5) is 0 Å². The third-order valence-electron chi connectivity index (χ3n) is 8.85. The Kier molecular flexibility index (Phi) is 3.92. The first-order valence-electron chi connectivity index (χ1n) is 10.8. The zero-order valence-electron chi connectivity index (χ0n) is 16.9. The highest BCUT2D eigenvalue weighted by molar-refractivity contribution is 5.70. The van der Waals surface area contributed by atoms with Gasteiger partial charge in [-0.1, -0.05) is 38.5 Å². The number of aliphatic hydroxyl groups is 1. The topological polar surface area (TPSA) is 46.0 Å². The number of fused-ring (bicyclic) bond motifs is 5. The summed E-state index contributed by atoms with van der Waals surface area (Å²) in [5.41, 5.74) is 4.68. The fourth-order valence-electron chi connectivity index (χ4n) is 7.42. The van der Waals surface area contributed by atoms with E-state index in [1.807, 2.05) is 6.20 Å². The molecule has 1 N–H and O–H groups in total. The molecule has 2 saturated carbocycles. The summed E-state index contributed by atoms with van der Waals surface area (Å²) < 4.78 is 0. The van der Waals surface area contributed by atoms with Gasteiger partial charge in [-0.3, -0.25) is 0 Å². The summed E-state index contributed by atoms with van der Waals surface area (Å²) >= 11 is 0. The van der Waals surface area contributed by atoms with Gasteiger partial charge in [0, 0.05) is 6.20 Å². The van der Waals surface area contributed by atoms with Gasteiger partial charge in [0.05, 0.1) is 11.8 Å². The van der Waals surface area contributed by atoms with Crippen molar-refractivity contribution in [2.75, 3.05) is 0 Å². The largest absolute Gasteiger partial charge is 0.393 e. The van der Waals surface area contributed by atoms with Crippen molar-refractivity contribution in [3.05, 3.63) is 42.0 Å². The Hall–Kier alpha value is -1.48. The molecular formula is C24H32N2O. The molecule has 1 heterocycles. The molecule has 3 heteroatoms. The lowest BCUT2D eigenvalue weighted by Crippen LogP contribution is -2.52. The number of hydrogen-bond donors (Lipinski definition) is 1. The molecule has 7 atom stereocenters. The maximum Gasteiger partial charge on any atom is 0.116 e. The van der Waals surface area contributed by atoms with Gasteiger partial charge < -0.3 is 5.11 Å². The predicted molar refractivity (Wildman–Crippen MR) is 108 cm³/mol. The van der Waals surface area contributed by atoms with Crippen LogP contribution in [0.5, 0.6) is 0 Å². The van der Waals surface area contributed by atoms with E-state index in [9.17, 15) is 5.11 Å². The van der Waals surface area contributed by atoms with Gasteiger partial charge in [-0.05, 0) is 84.7 Å². The van der Waals surface area contributed by atoms with E-state index < -0.39 is 0 Å². The van der Waals surface area contributed by atoms with Crippen LogP contribution in [0, 0.1) is 34.5 Å². The molecule has 144 valence electrons. The Labute approximate surface area is 163 Å². The quantitative estimate of drug-likeness (QED) is 0.710. The lowest BCUT2D eigenvalue weighted by Gasteiger charge is -2.59. The summed E-state index contributed by atoms with van der Waals surface area (Å²) in [6, 6.07) is 2.08. The second-order valence-electron chi connectivity index (χ2n) is 10.1. The van der Waals surface area contributed by atoms with Crippen LogP contribution in [0.25, 0.3) is 5.57 Å². The van der Waals surface area contributed by atoms with Gasteiger partial charge >= 0.3 is 0 Å². The van der Waals surface area contributed by atoms with E-state index in [1.54, 1.807) is 11.9 Å². The second-order valence-corrected chi connectivity index (χ2v) is 10.1. The van der Waals surface area contributed by atoms with Crippen LogP contribution in [0.2, 0.25) is 0 Å². The SMILES string of the molecule is CC1C=C2C[C@@H](O)CC[C@]2(C)[C@H]2CC[C@]3(C)C(c4ccncn4)=CC[C@H]3[C@H]12. The van der Waals surface area contributed by atoms with Crippen molar-refractivity contribution in [1.29, 1.82) is 0 Å². The monoisotopic (exact) mass is 364 g/mol. The Bertz CT molecular complexity index is 800. The molecule has 3 nitrogen and oxygen atoms in total. The van der Waals surface area contributed by atoms with Gasteiger partial charge in [0.25, 0.3) is 0 Å². The first-order chi connectivity index (χ1) is 12.9. The minimum Gasteiger partial charge on any atom is -0.393 e. The molecule has 0 spiro atoms. The molecule has 0 aliphatic heterocycles. The zero-order valence-corrected chi connectivity index (χ0v) is 16.9. The second kappa shape index (κ2) is 6.01. The zero-order chi connectivity index (χ0) is 18.8. The number of allylic oxidation sites excluding steroid dienone is 3. The Morgan fingerprint density at radius 3 is 2.70 bits per heavy atom. The Balaban J connectivity index is 1.52. The Morgan fingerprint density at radius 1 is 1.11 bits per heavy atom. The van der Waals surface area contributed by atoms with Gasteiger partial charge in [-0.25, -0.2) is 9.97 Å².